The maximum Gasteiger partial charge on any atom is 0.260 e. The van der Waals surface area contributed by atoms with E-state index in [2.05, 4.69) is 5.32 Å². The van der Waals surface area contributed by atoms with Gasteiger partial charge in [-0.25, -0.2) is 8.42 Å². The summed E-state index contributed by atoms with van der Waals surface area (Å²) in [6.07, 6.45) is 2.29. The number of carbonyl (C=O) groups is 2. The first-order chi connectivity index (χ1) is 8.97. The van der Waals surface area contributed by atoms with Crippen LogP contribution in [0, 0.1) is 0 Å². The fourth-order valence-electron chi connectivity index (χ4n) is 2.10. The summed E-state index contributed by atoms with van der Waals surface area (Å²) in [4.78, 5) is 23.1. The van der Waals surface area contributed by atoms with Crippen molar-refractivity contribution in [1.82, 2.24) is 5.32 Å². The smallest absolute Gasteiger partial charge is 0.260 e. The fourth-order valence-corrected chi connectivity index (χ4v) is 3.70. The van der Waals surface area contributed by atoms with Gasteiger partial charge in [-0.3, -0.25) is 14.9 Å². The molecule has 0 aromatic heterocycles. The molecular weight excluding hydrogens is 266 g/mol. The van der Waals surface area contributed by atoms with Crippen molar-refractivity contribution >= 4 is 21.7 Å². The van der Waals surface area contributed by atoms with Gasteiger partial charge in [0, 0.05) is 0 Å². The molecule has 2 amide bonds. The molecule has 0 spiro atoms. The third-order valence-corrected chi connectivity index (χ3v) is 4.91. The summed E-state index contributed by atoms with van der Waals surface area (Å²) in [5.41, 5.74) is 0.130. The second-order valence-corrected chi connectivity index (χ2v) is 6.57. The number of imide groups is 1. The van der Waals surface area contributed by atoms with E-state index in [9.17, 15) is 18.0 Å². The summed E-state index contributed by atoms with van der Waals surface area (Å²) < 4.78 is 24.5. The van der Waals surface area contributed by atoms with Crippen LogP contribution in [0.2, 0.25) is 0 Å². The molecule has 2 rings (SSSR count). The van der Waals surface area contributed by atoms with Crippen molar-refractivity contribution in [2.75, 3.05) is 5.75 Å². The zero-order valence-electron chi connectivity index (χ0n) is 10.6. The summed E-state index contributed by atoms with van der Waals surface area (Å²) in [5.74, 6) is -1.17. The standard InChI is InChI=1S/C13H15NO4S/c1-2-3-4-8-19(17,18)10-7-5-6-9-11(10)13(16)14-12(9)15/h5-7H,2-4,8H2,1H3,(H,14,15,16). The molecule has 0 saturated heterocycles. The normalized spacial score (nSPS) is 14.4. The van der Waals surface area contributed by atoms with Gasteiger partial charge in [0.15, 0.2) is 9.84 Å². The van der Waals surface area contributed by atoms with Crippen LogP contribution in [-0.2, 0) is 9.84 Å². The van der Waals surface area contributed by atoms with E-state index in [1.807, 2.05) is 6.92 Å². The number of amides is 2. The molecule has 1 aromatic rings. The molecule has 1 aromatic carbocycles. The van der Waals surface area contributed by atoms with E-state index in [1.165, 1.54) is 18.2 Å². The van der Waals surface area contributed by atoms with E-state index in [4.69, 9.17) is 0 Å². The van der Waals surface area contributed by atoms with Gasteiger partial charge in [0.1, 0.15) is 0 Å². The Labute approximate surface area is 111 Å². The van der Waals surface area contributed by atoms with Crippen LogP contribution in [0.25, 0.3) is 0 Å². The van der Waals surface area contributed by atoms with Gasteiger partial charge in [-0.15, -0.1) is 0 Å². The number of hydrogen-bond donors (Lipinski definition) is 1. The Morgan fingerprint density at radius 3 is 2.53 bits per heavy atom. The first kappa shape index (κ1) is 13.7. The first-order valence-electron chi connectivity index (χ1n) is 6.19. The lowest BCUT2D eigenvalue weighted by Crippen LogP contribution is -2.21. The van der Waals surface area contributed by atoms with Crippen molar-refractivity contribution in [3.8, 4) is 0 Å². The average Bonchev–Trinajstić information content (AvgIpc) is 2.65. The van der Waals surface area contributed by atoms with Crippen LogP contribution in [0.4, 0.5) is 0 Å². The molecule has 19 heavy (non-hydrogen) atoms. The van der Waals surface area contributed by atoms with Crippen molar-refractivity contribution in [3.63, 3.8) is 0 Å². The Kier molecular flexibility index (Phi) is 3.71. The lowest BCUT2D eigenvalue weighted by atomic mass is 10.1. The molecule has 1 heterocycles. The predicted molar refractivity (Wildman–Crippen MR) is 69.8 cm³/mol. The van der Waals surface area contributed by atoms with Crippen LogP contribution in [0.5, 0.6) is 0 Å². The minimum Gasteiger partial charge on any atom is -0.288 e. The molecule has 0 aliphatic carbocycles. The average molecular weight is 281 g/mol. The molecule has 0 saturated carbocycles. The summed E-state index contributed by atoms with van der Waals surface area (Å²) in [6.45, 7) is 1.99. The molecule has 102 valence electrons. The number of carbonyl (C=O) groups excluding carboxylic acids is 2. The van der Waals surface area contributed by atoms with Gasteiger partial charge in [0.2, 0.25) is 0 Å². The maximum atomic E-state index is 12.2. The Balaban J connectivity index is 2.42. The van der Waals surface area contributed by atoms with Gasteiger partial charge >= 0.3 is 0 Å². The number of fused-ring (bicyclic) bond motifs is 1. The van der Waals surface area contributed by atoms with E-state index in [1.54, 1.807) is 0 Å². The zero-order valence-corrected chi connectivity index (χ0v) is 11.4. The Morgan fingerprint density at radius 1 is 1.11 bits per heavy atom. The maximum absolute atomic E-state index is 12.2. The van der Waals surface area contributed by atoms with Crippen LogP contribution >= 0.6 is 0 Å². The largest absolute Gasteiger partial charge is 0.288 e. The number of unbranched alkanes of at least 4 members (excludes halogenated alkanes) is 2. The van der Waals surface area contributed by atoms with Crippen molar-refractivity contribution in [2.45, 2.75) is 31.1 Å². The highest BCUT2D eigenvalue weighted by molar-refractivity contribution is 7.91. The highest BCUT2D eigenvalue weighted by atomic mass is 32.2. The van der Waals surface area contributed by atoms with Gasteiger partial charge in [-0.2, -0.15) is 0 Å². The van der Waals surface area contributed by atoms with Crippen LogP contribution in [0.3, 0.4) is 0 Å². The van der Waals surface area contributed by atoms with E-state index in [0.29, 0.717) is 6.42 Å². The van der Waals surface area contributed by atoms with E-state index >= 15 is 0 Å². The molecule has 1 aliphatic heterocycles. The Morgan fingerprint density at radius 2 is 1.84 bits per heavy atom. The molecule has 0 fully saturated rings. The minimum absolute atomic E-state index is 0.00123. The second kappa shape index (κ2) is 5.13. The number of nitrogens with one attached hydrogen (secondary N) is 1. The van der Waals surface area contributed by atoms with E-state index in [0.717, 1.165) is 12.8 Å². The number of rotatable bonds is 5. The molecule has 1 aliphatic rings. The van der Waals surface area contributed by atoms with Crippen LogP contribution < -0.4 is 5.32 Å². The predicted octanol–water partition coefficient (Wildman–Crippen LogP) is 1.53. The molecule has 1 N–H and O–H groups in total. The number of sulfone groups is 1. The highest BCUT2D eigenvalue weighted by Gasteiger charge is 2.33. The van der Waals surface area contributed by atoms with Gasteiger partial charge in [0.25, 0.3) is 11.8 Å². The van der Waals surface area contributed by atoms with Gasteiger partial charge in [-0.05, 0) is 18.6 Å². The SMILES string of the molecule is CCCCCS(=O)(=O)c1cccc2c1C(=O)NC2=O. The quantitative estimate of drug-likeness (QED) is 0.655. The lowest BCUT2D eigenvalue weighted by molar-refractivity contribution is 0.0878. The van der Waals surface area contributed by atoms with Crippen molar-refractivity contribution in [3.05, 3.63) is 29.3 Å². The van der Waals surface area contributed by atoms with E-state index in [-0.39, 0.29) is 21.8 Å². The monoisotopic (exact) mass is 281 g/mol. The fraction of sp³-hybridized carbons (Fsp3) is 0.385. The molecule has 0 radical (unpaired) electrons. The van der Waals surface area contributed by atoms with Gasteiger partial charge in [-0.1, -0.05) is 25.8 Å². The van der Waals surface area contributed by atoms with Gasteiger partial charge < -0.3 is 0 Å². The van der Waals surface area contributed by atoms with Crippen LogP contribution in [0.15, 0.2) is 23.1 Å². The van der Waals surface area contributed by atoms with Crippen molar-refractivity contribution in [2.24, 2.45) is 0 Å². The number of benzene rings is 1. The molecule has 0 unspecified atom stereocenters. The second-order valence-electron chi connectivity index (χ2n) is 4.49. The molecule has 6 heteroatoms. The van der Waals surface area contributed by atoms with Crippen molar-refractivity contribution in [1.29, 1.82) is 0 Å². The molecule has 0 atom stereocenters. The van der Waals surface area contributed by atoms with Crippen molar-refractivity contribution < 1.29 is 18.0 Å². The number of hydrogen-bond acceptors (Lipinski definition) is 4. The summed E-state index contributed by atoms with van der Waals surface area (Å²) >= 11 is 0. The summed E-state index contributed by atoms with van der Waals surface area (Å²) in [7, 11) is -3.53. The molecule has 5 nitrogen and oxygen atoms in total. The summed E-state index contributed by atoms with van der Waals surface area (Å²) in [6, 6.07) is 4.34. The molecule has 0 bridgehead atoms. The van der Waals surface area contributed by atoms with Gasteiger partial charge in [0.05, 0.1) is 21.8 Å². The summed E-state index contributed by atoms with van der Waals surface area (Å²) in [5, 5.41) is 2.12. The lowest BCUT2D eigenvalue weighted by Gasteiger charge is -2.07. The highest BCUT2D eigenvalue weighted by Crippen LogP contribution is 2.25. The first-order valence-corrected chi connectivity index (χ1v) is 7.84. The molecular formula is C13H15NO4S. The van der Waals surface area contributed by atoms with E-state index < -0.39 is 21.7 Å². The minimum atomic E-state index is -3.53. The Hall–Kier alpha value is -1.69. The zero-order chi connectivity index (χ0) is 14.0. The Bertz CT molecular complexity index is 634. The van der Waals surface area contributed by atoms with Crippen LogP contribution in [0.1, 0.15) is 46.9 Å². The third-order valence-electron chi connectivity index (χ3n) is 3.08. The third kappa shape index (κ3) is 2.53. The van der Waals surface area contributed by atoms with Crippen LogP contribution in [-0.4, -0.2) is 26.0 Å². The topological polar surface area (TPSA) is 80.3 Å².